The van der Waals surface area contributed by atoms with Crippen molar-refractivity contribution in [2.75, 3.05) is 0 Å². The maximum Gasteiger partial charge on any atom is 0.129 e. The van der Waals surface area contributed by atoms with Crippen LogP contribution < -0.4 is 5.32 Å². The zero-order valence-electron chi connectivity index (χ0n) is 10.3. The van der Waals surface area contributed by atoms with Crippen molar-refractivity contribution in [3.63, 3.8) is 0 Å². The fraction of sp³-hybridized carbons (Fsp3) is 0.200. The Morgan fingerprint density at radius 3 is 2.28 bits per heavy atom. The van der Waals surface area contributed by atoms with E-state index >= 15 is 0 Å². The van der Waals surface area contributed by atoms with Crippen LogP contribution in [0.15, 0.2) is 46.9 Å². The van der Waals surface area contributed by atoms with E-state index in [2.05, 4.69) is 52.4 Å². The first kappa shape index (κ1) is 13.1. The molecule has 2 aromatic carbocycles. The molecule has 0 aliphatic heterocycles. The molecule has 94 valence electrons. The normalized spacial score (nSPS) is 10.6. The van der Waals surface area contributed by atoms with Crippen LogP contribution in [0.3, 0.4) is 0 Å². The standard InChI is InChI=1S/C15H16BrNO/c1-11-2-4-12(5-3-11)9-17-10-13-6-7-15(18)14(16)8-13/h2-8,17-18H,9-10H2,1H3. The summed E-state index contributed by atoms with van der Waals surface area (Å²) < 4.78 is 0.733. The van der Waals surface area contributed by atoms with E-state index in [-0.39, 0.29) is 5.75 Å². The third kappa shape index (κ3) is 3.59. The number of rotatable bonds is 4. The number of aromatic hydroxyl groups is 1. The molecule has 18 heavy (non-hydrogen) atoms. The lowest BCUT2D eigenvalue weighted by atomic mass is 10.1. The zero-order valence-corrected chi connectivity index (χ0v) is 11.9. The molecular formula is C15H16BrNO. The SMILES string of the molecule is Cc1ccc(CNCc2ccc(O)c(Br)c2)cc1. The van der Waals surface area contributed by atoms with Crippen LogP contribution in [0.1, 0.15) is 16.7 Å². The van der Waals surface area contributed by atoms with Gasteiger partial charge in [-0.2, -0.15) is 0 Å². The Labute approximate surface area is 116 Å². The first-order chi connectivity index (χ1) is 8.65. The molecule has 0 heterocycles. The van der Waals surface area contributed by atoms with Gasteiger partial charge in [-0.25, -0.2) is 0 Å². The molecule has 2 rings (SSSR count). The maximum atomic E-state index is 9.41. The molecule has 0 atom stereocenters. The van der Waals surface area contributed by atoms with E-state index in [1.165, 1.54) is 11.1 Å². The predicted molar refractivity (Wildman–Crippen MR) is 77.5 cm³/mol. The van der Waals surface area contributed by atoms with Gasteiger partial charge in [0.25, 0.3) is 0 Å². The minimum Gasteiger partial charge on any atom is -0.507 e. The third-order valence-corrected chi connectivity index (χ3v) is 3.43. The molecule has 0 saturated carbocycles. The average Bonchev–Trinajstić information content (AvgIpc) is 2.36. The van der Waals surface area contributed by atoms with Crippen molar-refractivity contribution in [3.05, 3.63) is 63.6 Å². The van der Waals surface area contributed by atoms with Crippen LogP contribution >= 0.6 is 15.9 Å². The number of aryl methyl sites for hydroxylation is 1. The van der Waals surface area contributed by atoms with E-state index in [9.17, 15) is 5.11 Å². The van der Waals surface area contributed by atoms with E-state index in [1.807, 2.05) is 12.1 Å². The fourth-order valence-corrected chi connectivity index (χ4v) is 2.14. The minimum atomic E-state index is 0.275. The zero-order chi connectivity index (χ0) is 13.0. The van der Waals surface area contributed by atoms with Crippen LogP contribution in [0.4, 0.5) is 0 Å². The first-order valence-corrected chi connectivity index (χ1v) is 6.68. The molecule has 2 nitrogen and oxygen atoms in total. The number of halogens is 1. The van der Waals surface area contributed by atoms with Crippen molar-refractivity contribution in [1.29, 1.82) is 0 Å². The Kier molecular flexibility index (Phi) is 4.39. The molecule has 0 fully saturated rings. The van der Waals surface area contributed by atoms with E-state index in [4.69, 9.17) is 0 Å². The molecule has 3 heteroatoms. The van der Waals surface area contributed by atoms with Crippen LogP contribution in [0.2, 0.25) is 0 Å². The predicted octanol–water partition coefficient (Wildman–Crippen LogP) is 3.75. The van der Waals surface area contributed by atoms with E-state index in [1.54, 1.807) is 6.07 Å². The van der Waals surface area contributed by atoms with Gasteiger partial charge in [-0.1, -0.05) is 35.9 Å². The van der Waals surface area contributed by atoms with Crippen molar-refractivity contribution in [1.82, 2.24) is 5.32 Å². The molecule has 2 aromatic rings. The highest BCUT2D eigenvalue weighted by Gasteiger charge is 1.99. The summed E-state index contributed by atoms with van der Waals surface area (Å²) in [4.78, 5) is 0. The summed E-state index contributed by atoms with van der Waals surface area (Å²) in [6, 6.07) is 14.1. The van der Waals surface area contributed by atoms with Gasteiger partial charge in [-0.15, -0.1) is 0 Å². The molecule has 0 amide bonds. The fourth-order valence-electron chi connectivity index (χ4n) is 1.72. The Morgan fingerprint density at radius 1 is 1.00 bits per heavy atom. The van der Waals surface area contributed by atoms with Crippen LogP contribution in [-0.2, 0) is 13.1 Å². The highest BCUT2D eigenvalue weighted by Crippen LogP contribution is 2.24. The number of phenolic OH excluding ortho intramolecular Hbond substituents is 1. The second-order valence-electron chi connectivity index (χ2n) is 4.37. The van der Waals surface area contributed by atoms with Crippen LogP contribution in [0.5, 0.6) is 5.75 Å². The van der Waals surface area contributed by atoms with Crippen LogP contribution in [-0.4, -0.2) is 5.11 Å². The van der Waals surface area contributed by atoms with Crippen molar-refractivity contribution < 1.29 is 5.11 Å². The number of hydrogen-bond donors (Lipinski definition) is 2. The van der Waals surface area contributed by atoms with Crippen molar-refractivity contribution in [2.45, 2.75) is 20.0 Å². The minimum absolute atomic E-state index is 0.275. The Morgan fingerprint density at radius 2 is 1.61 bits per heavy atom. The lowest BCUT2D eigenvalue weighted by Gasteiger charge is -2.06. The van der Waals surface area contributed by atoms with Gasteiger partial charge in [0, 0.05) is 13.1 Å². The largest absolute Gasteiger partial charge is 0.507 e. The molecule has 0 aliphatic carbocycles. The van der Waals surface area contributed by atoms with Crippen molar-refractivity contribution >= 4 is 15.9 Å². The lowest BCUT2D eigenvalue weighted by Crippen LogP contribution is -2.12. The second kappa shape index (κ2) is 6.03. The lowest BCUT2D eigenvalue weighted by molar-refractivity contribution is 0.471. The van der Waals surface area contributed by atoms with E-state index in [0.717, 1.165) is 23.1 Å². The highest BCUT2D eigenvalue weighted by atomic mass is 79.9. The topological polar surface area (TPSA) is 32.3 Å². The van der Waals surface area contributed by atoms with Gasteiger partial charge in [0.1, 0.15) is 5.75 Å². The smallest absolute Gasteiger partial charge is 0.129 e. The molecule has 0 aliphatic rings. The molecule has 2 N–H and O–H groups in total. The van der Waals surface area contributed by atoms with Gasteiger partial charge < -0.3 is 10.4 Å². The summed E-state index contributed by atoms with van der Waals surface area (Å²) in [6.07, 6.45) is 0. The van der Waals surface area contributed by atoms with Gasteiger partial charge >= 0.3 is 0 Å². The van der Waals surface area contributed by atoms with E-state index < -0.39 is 0 Å². The first-order valence-electron chi connectivity index (χ1n) is 5.89. The summed E-state index contributed by atoms with van der Waals surface area (Å²) in [6.45, 7) is 3.72. The summed E-state index contributed by atoms with van der Waals surface area (Å²) in [5, 5.41) is 12.8. The molecule has 0 saturated heterocycles. The van der Waals surface area contributed by atoms with Gasteiger partial charge in [0.2, 0.25) is 0 Å². The van der Waals surface area contributed by atoms with Gasteiger partial charge in [0.15, 0.2) is 0 Å². The highest BCUT2D eigenvalue weighted by molar-refractivity contribution is 9.10. The molecule has 0 radical (unpaired) electrons. The number of benzene rings is 2. The Balaban J connectivity index is 1.88. The maximum absolute atomic E-state index is 9.41. The molecule has 0 bridgehead atoms. The second-order valence-corrected chi connectivity index (χ2v) is 5.23. The summed E-state index contributed by atoms with van der Waals surface area (Å²) in [5.74, 6) is 0.275. The van der Waals surface area contributed by atoms with Gasteiger partial charge in [0.05, 0.1) is 4.47 Å². The monoisotopic (exact) mass is 305 g/mol. The molecule has 0 spiro atoms. The number of phenols is 1. The molecule has 0 unspecified atom stereocenters. The third-order valence-electron chi connectivity index (χ3n) is 2.79. The van der Waals surface area contributed by atoms with Gasteiger partial charge in [-0.3, -0.25) is 0 Å². The Bertz CT molecular complexity index is 523. The quantitative estimate of drug-likeness (QED) is 0.901. The Hall–Kier alpha value is -1.32. The van der Waals surface area contributed by atoms with Crippen LogP contribution in [0.25, 0.3) is 0 Å². The average molecular weight is 306 g/mol. The van der Waals surface area contributed by atoms with E-state index in [0.29, 0.717) is 0 Å². The van der Waals surface area contributed by atoms with Gasteiger partial charge in [-0.05, 0) is 46.1 Å². The number of hydrogen-bond acceptors (Lipinski definition) is 2. The number of nitrogens with one attached hydrogen (secondary N) is 1. The van der Waals surface area contributed by atoms with Crippen molar-refractivity contribution in [2.24, 2.45) is 0 Å². The summed E-state index contributed by atoms with van der Waals surface area (Å²) in [5.41, 5.74) is 3.70. The molecular weight excluding hydrogens is 290 g/mol. The summed E-state index contributed by atoms with van der Waals surface area (Å²) >= 11 is 3.31. The van der Waals surface area contributed by atoms with Crippen molar-refractivity contribution in [3.8, 4) is 5.75 Å². The van der Waals surface area contributed by atoms with Crippen LogP contribution in [0, 0.1) is 6.92 Å². The molecule has 0 aromatic heterocycles. The summed E-state index contributed by atoms with van der Waals surface area (Å²) in [7, 11) is 0.